The van der Waals surface area contributed by atoms with Crippen molar-refractivity contribution in [3.63, 3.8) is 0 Å². The SMILES string of the molecule is CC(C)C1=CC=CCC(C(C)C)=C1NS(=O)(=O)C(F)(F)F. The van der Waals surface area contributed by atoms with E-state index in [1.807, 2.05) is 33.8 Å². The summed E-state index contributed by atoms with van der Waals surface area (Å²) in [6, 6.07) is 0. The van der Waals surface area contributed by atoms with Crippen molar-refractivity contribution in [2.45, 2.75) is 39.6 Å². The van der Waals surface area contributed by atoms with E-state index in [0.29, 0.717) is 17.6 Å². The third kappa shape index (κ3) is 4.12. The van der Waals surface area contributed by atoms with Gasteiger partial charge in [-0.1, -0.05) is 45.9 Å². The van der Waals surface area contributed by atoms with Gasteiger partial charge in [0.25, 0.3) is 0 Å². The van der Waals surface area contributed by atoms with Crippen LogP contribution in [0.5, 0.6) is 0 Å². The number of hydrogen-bond donors (Lipinski definition) is 1. The first-order chi connectivity index (χ1) is 9.47. The zero-order valence-electron chi connectivity index (χ0n) is 12.5. The molecule has 0 spiro atoms. The van der Waals surface area contributed by atoms with Gasteiger partial charge in [0.2, 0.25) is 0 Å². The lowest BCUT2D eigenvalue weighted by molar-refractivity contribution is -0.0445. The lowest BCUT2D eigenvalue weighted by Gasteiger charge is -2.23. The predicted molar refractivity (Wildman–Crippen MR) is 76.7 cm³/mol. The summed E-state index contributed by atoms with van der Waals surface area (Å²) < 4.78 is 62.6. The van der Waals surface area contributed by atoms with Gasteiger partial charge in [-0.2, -0.15) is 21.6 Å². The second kappa shape index (κ2) is 6.25. The van der Waals surface area contributed by atoms with Crippen LogP contribution in [0.25, 0.3) is 0 Å². The first-order valence-electron chi connectivity index (χ1n) is 6.66. The minimum Gasteiger partial charge on any atom is -0.276 e. The van der Waals surface area contributed by atoms with Gasteiger partial charge in [-0.05, 0) is 29.4 Å². The highest BCUT2D eigenvalue weighted by atomic mass is 32.2. The zero-order valence-corrected chi connectivity index (χ0v) is 13.3. The van der Waals surface area contributed by atoms with E-state index in [0.717, 1.165) is 0 Å². The normalized spacial score (nSPS) is 17.3. The van der Waals surface area contributed by atoms with Gasteiger partial charge in [-0.15, -0.1) is 0 Å². The van der Waals surface area contributed by atoms with Crippen LogP contribution in [-0.4, -0.2) is 13.9 Å². The van der Waals surface area contributed by atoms with Crippen molar-refractivity contribution in [2.75, 3.05) is 0 Å². The van der Waals surface area contributed by atoms with Crippen LogP contribution < -0.4 is 4.72 Å². The van der Waals surface area contributed by atoms with Gasteiger partial charge in [-0.25, -0.2) is 0 Å². The summed E-state index contributed by atoms with van der Waals surface area (Å²) in [4.78, 5) is 0. The van der Waals surface area contributed by atoms with Crippen molar-refractivity contribution in [3.05, 3.63) is 35.1 Å². The van der Waals surface area contributed by atoms with Gasteiger partial charge >= 0.3 is 15.5 Å². The topological polar surface area (TPSA) is 46.2 Å². The number of halogens is 3. The zero-order chi connectivity index (χ0) is 16.4. The van der Waals surface area contributed by atoms with Crippen molar-refractivity contribution >= 4 is 10.0 Å². The summed E-state index contributed by atoms with van der Waals surface area (Å²) in [5.41, 5.74) is -4.05. The van der Waals surface area contributed by atoms with Crippen LogP contribution in [0.3, 0.4) is 0 Å². The largest absolute Gasteiger partial charge is 0.516 e. The van der Waals surface area contributed by atoms with Gasteiger partial charge in [0, 0.05) is 0 Å². The molecule has 0 saturated carbocycles. The molecule has 0 aliphatic heterocycles. The molecule has 1 aliphatic rings. The molecular weight excluding hydrogens is 303 g/mol. The van der Waals surface area contributed by atoms with E-state index >= 15 is 0 Å². The van der Waals surface area contributed by atoms with E-state index in [4.69, 9.17) is 0 Å². The van der Waals surface area contributed by atoms with Crippen LogP contribution in [0.4, 0.5) is 13.2 Å². The van der Waals surface area contributed by atoms with Gasteiger partial charge in [0.15, 0.2) is 0 Å². The molecule has 0 aromatic carbocycles. The maximum Gasteiger partial charge on any atom is 0.516 e. The molecule has 0 aromatic heterocycles. The van der Waals surface area contributed by atoms with E-state index in [2.05, 4.69) is 0 Å². The molecule has 0 unspecified atom stereocenters. The van der Waals surface area contributed by atoms with Gasteiger partial charge in [0.1, 0.15) is 0 Å². The molecule has 0 radical (unpaired) electrons. The molecule has 120 valence electrons. The van der Waals surface area contributed by atoms with Crippen molar-refractivity contribution in [2.24, 2.45) is 11.8 Å². The fourth-order valence-corrected chi connectivity index (χ4v) is 2.69. The number of hydrogen-bond acceptors (Lipinski definition) is 2. The molecule has 1 N–H and O–H groups in total. The Morgan fingerprint density at radius 1 is 1.14 bits per heavy atom. The minimum atomic E-state index is -5.42. The molecule has 0 bridgehead atoms. The Morgan fingerprint density at radius 2 is 1.71 bits per heavy atom. The van der Waals surface area contributed by atoms with E-state index in [1.54, 1.807) is 16.9 Å². The summed E-state index contributed by atoms with van der Waals surface area (Å²) in [5.74, 6) is -0.173. The Bertz CT molecular complexity index is 582. The summed E-state index contributed by atoms with van der Waals surface area (Å²) in [7, 11) is -5.42. The number of rotatable bonds is 4. The molecule has 0 amide bonds. The van der Waals surface area contributed by atoms with Crippen LogP contribution in [0, 0.1) is 11.8 Å². The van der Waals surface area contributed by atoms with Crippen LogP contribution in [0.1, 0.15) is 34.1 Å². The third-order valence-corrected chi connectivity index (χ3v) is 4.30. The number of nitrogens with one attached hydrogen (secondary N) is 1. The van der Waals surface area contributed by atoms with Gasteiger partial charge in [0.05, 0.1) is 5.70 Å². The Balaban J connectivity index is 3.41. The Hall–Kier alpha value is -1.24. The van der Waals surface area contributed by atoms with Crippen molar-refractivity contribution in [1.29, 1.82) is 0 Å². The lowest BCUT2D eigenvalue weighted by atomic mass is 9.92. The Morgan fingerprint density at radius 3 is 2.14 bits per heavy atom. The second-order valence-electron chi connectivity index (χ2n) is 5.52. The summed E-state index contributed by atoms with van der Waals surface area (Å²) >= 11 is 0. The van der Waals surface area contributed by atoms with E-state index in [1.165, 1.54) is 0 Å². The number of allylic oxidation sites excluding steroid dienone is 5. The quantitative estimate of drug-likeness (QED) is 0.853. The molecule has 7 heteroatoms. The maximum absolute atomic E-state index is 12.6. The number of sulfonamides is 1. The number of alkyl halides is 3. The maximum atomic E-state index is 12.6. The highest BCUT2D eigenvalue weighted by molar-refractivity contribution is 7.90. The molecule has 3 nitrogen and oxygen atoms in total. The highest BCUT2D eigenvalue weighted by Gasteiger charge is 2.47. The fourth-order valence-electron chi connectivity index (χ4n) is 2.06. The van der Waals surface area contributed by atoms with E-state index < -0.39 is 15.5 Å². The second-order valence-corrected chi connectivity index (χ2v) is 7.19. The van der Waals surface area contributed by atoms with Crippen LogP contribution in [-0.2, 0) is 10.0 Å². The van der Waals surface area contributed by atoms with Gasteiger partial charge in [-0.3, -0.25) is 4.72 Å². The molecule has 0 heterocycles. The minimum absolute atomic E-state index is 0.0687. The average molecular weight is 323 g/mol. The summed E-state index contributed by atoms with van der Waals surface area (Å²) in [6.07, 6.45) is 5.63. The fraction of sp³-hybridized carbons (Fsp3) is 0.571. The summed E-state index contributed by atoms with van der Waals surface area (Å²) in [6.45, 7) is 7.28. The van der Waals surface area contributed by atoms with E-state index in [9.17, 15) is 21.6 Å². The molecule has 0 atom stereocenters. The van der Waals surface area contributed by atoms with E-state index in [-0.39, 0.29) is 17.5 Å². The monoisotopic (exact) mass is 323 g/mol. The van der Waals surface area contributed by atoms with Crippen molar-refractivity contribution in [3.8, 4) is 0 Å². The predicted octanol–water partition coefficient (Wildman–Crippen LogP) is 3.88. The van der Waals surface area contributed by atoms with Crippen molar-refractivity contribution in [1.82, 2.24) is 4.72 Å². The Kier molecular flexibility index (Phi) is 5.30. The van der Waals surface area contributed by atoms with Crippen molar-refractivity contribution < 1.29 is 21.6 Å². The molecule has 0 aromatic rings. The molecule has 21 heavy (non-hydrogen) atoms. The standard InChI is InChI=1S/C14H20F3NO2S/c1-9(2)11-7-5-6-8-12(10(3)4)13(11)18-21(19,20)14(15,16)17/h5-7,9-10,18H,8H2,1-4H3. The molecular formula is C14H20F3NO2S. The first-order valence-corrected chi connectivity index (χ1v) is 8.15. The molecule has 0 saturated heterocycles. The van der Waals surface area contributed by atoms with Gasteiger partial charge < -0.3 is 0 Å². The van der Waals surface area contributed by atoms with Crippen LogP contribution >= 0.6 is 0 Å². The average Bonchev–Trinajstić information content (AvgIpc) is 2.49. The first kappa shape index (κ1) is 17.8. The highest BCUT2D eigenvalue weighted by Crippen LogP contribution is 2.32. The van der Waals surface area contributed by atoms with Crippen LogP contribution in [0.15, 0.2) is 35.1 Å². The molecule has 1 aliphatic carbocycles. The molecule has 1 rings (SSSR count). The Labute approximate surface area is 123 Å². The smallest absolute Gasteiger partial charge is 0.276 e. The lowest BCUT2D eigenvalue weighted by Crippen LogP contribution is -2.37. The third-order valence-electron chi connectivity index (χ3n) is 3.22. The molecule has 0 fully saturated rings. The summed E-state index contributed by atoms with van der Waals surface area (Å²) in [5, 5.41) is 0. The van der Waals surface area contributed by atoms with Crippen LogP contribution in [0.2, 0.25) is 0 Å².